The zero-order chi connectivity index (χ0) is 28.3. The molecule has 0 amide bonds. The van der Waals surface area contributed by atoms with Crippen molar-refractivity contribution in [1.82, 2.24) is 9.72 Å². The summed E-state index contributed by atoms with van der Waals surface area (Å²) in [5.74, 6) is -0.130. The van der Waals surface area contributed by atoms with Gasteiger partial charge in [0.15, 0.2) is 0 Å². The third kappa shape index (κ3) is 7.26. The van der Waals surface area contributed by atoms with Crippen molar-refractivity contribution in [1.29, 1.82) is 0 Å². The van der Waals surface area contributed by atoms with E-state index in [1.165, 1.54) is 24.0 Å². The molecule has 1 aliphatic rings. The lowest BCUT2D eigenvalue weighted by Gasteiger charge is -2.29. The second-order valence-corrected chi connectivity index (χ2v) is 11.9. The van der Waals surface area contributed by atoms with Crippen LogP contribution in [0.4, 0.5) is 0 Å². The fourth-order valence-corrected chi connectivity index (χ4v) is 4.29. The Bertz CT molecular complexity index is 1280. The van der Waals surface area contributed by atoms with Crippen molar-refractivity contribution < 1.29 is 23.5 Å². The van der Waals surface area contributed by atoms with E-state index in [1.807, 2.05) is 32.9 Å². The van der Waals surface area contributed by atoms with Gasteiger partial charge in [-0.05, 0) is 53.5 Å². The Hall–Kier alpha value is -3.10. The van der Waals surface area contributed by atoms with E-state index in [4.69, 9.17) is 30.3 Å². The van der Waals surface area contributed by atoms with Crippen LogP contribution in [0, 0.1) is 0 Å². The fraction of sp³-hybridized carbons (Fsp3) is 0.483. The second kappa shape index (κ2) is 11.3. The van der Waals surface area contributed by atoms with Crippen LogP contribution in [0.2, 0.25) is 0 Å². The number of esters is 1. The highest BCUT2D eigenvalue weighted by Crippen LogP contribution is 2.43. The molecule has 3 rings (SSSR count). The summed E-state index contributed by atoms with van der Waals surface area (Å²) in [6.07, 6.45) is 9.11. The molecule has 0 radical (unpaired) electrons. The van der Waals surface area contributed by atoms with Gasteiger partial charge in [0.2, 0.25) is 0 Å². The van der Waals surface area contributed by atoms with Crippen LogP contribution >= 0.6 is 11.6 Å². The van der Waals surface area contributed by atoms with Crippen LogP contribution in [-0.2, 0) is 14.3 Å². The van der Waals surface area contributed by atoms with Crippen molar-refractivity contribution in [2.45, 2.75) is 76.5 Å². The largest absolute Gasteiger partial charge is 0.495 e. The third-order valence-electron chi connectivity index (χ3n) is 6.12. The summed E-state index contributed by atoms with van der Waals surface area (Å²) in [5, 5.41) is 4.07. The Morgan fingerprint density at radius 1 is 1.34 bits per heavy atom. The number of ether oxygens (including phenoxy) is 3. The van der Waals surface area contributed by atoms with Crippen molar-refractivity contribution in [3.05, 3.63) is 71.0 Å². The highest BCUT2D eigenvalue weighted by molar-refractivity contribution is 6.26. The first-order valence-electron chi connectivity index (χ1n) is 12.5. The highest BCUT2D eigenvalue weighted by Gasteiger charge is 2.32. The van der Waals surface area contributed by atoms with E-state index < -0.39 is 33.6 Å². The second-order valence-electron chi connectivity index (χ2n) is 11.1. The zero-order valence-corrected chi connectivity index (χ0v) is 23.9. The number of carbonyl (C=O) groups excluding carboxylic acids is 1. The van der Waals surface area contributed by atoms with Gasteiger partial charge in [-0.15, -0.1) is 18.2 Å². The van der Waals surface area contributed by atoms with Gasteiger partial charge in [0.05, 0.1) is 30.4 Å². The molecule has 0 saturated heterocycles. The van der Waals surface area contributed by atoms with Gasteiger partial charge < -0.3 is 18.7 Å². The number of rotatable bonds is 10. The monoisotopic (exact) mass is 544 g/mol. The molecule has 1 aliphatic carbocycles. The number of halogens is 1. The molecule has 2 unspecified atom stereocenters. The fourth-order valence-electron chi connectivity index (χ4n) is 4.09. The number of allylic oxidation sites excluding steroid dienone is 4. The number of pyridine rings is 1. The van der Waals surface area contributed by atoms with Gasteiger partial charge in [0.25, 0.3) is 5.56 Å². The topological polar surface area (TPSA) is 92.8 Å². The van der Waals surface area contributed by atoms with E-state index in [9.17, 15) is 9.59 Å². The average Bonchev–Trinajstić information content (AvgIpc) is 3.35. The first-order chi connectivity index (χ1) is 17.7. The van der Waals surface area contributed by atoms with Crippen LogP contribution in [-0.4, -0.2) is 45.5 Å². The number of nitrogens with zero attached hydrogens (tertiary/aromatic N) is 2. The molecule has 0 aromatic carbocycles. The molecular formula is C29H37ClN2O6. The van der Waals surface area contributed by atoms with Gasteiger partial charge in [-0.25, -0.2) is 4.79 Å². The number of aromatic nitrogens is 2. The molecule has 9 heteroatoms. The predicted molar refractivity (Wildman–Crippen MR) is 148 cm³/mol. The van der Waals surface area contributed by atoms with Crippen molar-refractivity contribution in [2.24, 2.45) is 0 Å². The van der Waals surface area contributed by atoms with Gasteiger partial charge in [-0.1, -0.05) is 23.4 Å². The van der Waals surface area contributed by atoms with Crippen LogP contribution in [0.3, 0.4) is 0 Å². The lowest BCUT2D eigenvalue weighted by Crippen LogP contribution is -2.36. The Morgan fingerprint density at radius 3 is 2.63 bits per heavy atom. The normalized spacial score (nSPS) is 18.8. The highest BCUT2D eigenvalue weighted by atomic mass is 35.5. The minimum Gasteiger partial charge on any atom is -0.495 e. The minimum absolute atomic E-state index is 0.205. The van der Waals surface area contributed by atoms with Crippen molar-refractivity contribution in [2.75, 3.05) is 13.7 Å². The van der Waals surface area contributed by atoms with Gasteiger partial charge in [0, 0.05) is 29.7 Å². The molecule has 2 aromatic rings. The van der Waals surface area contributed by atoms with Crippen molar-refractivity contribution in [3.8, 4) is 5.75 Å². The first kappa shape index (κ1) is 29.5. The van der Waals surface area contributed by atoms with Gasteiger partial charge >= 0.3 is 5.97 Å². The first-order valence-corrected chi connectivity index (χ1v) is 12.9. The van der Waals surface area contributed by atoms with Crippen molar-refractivity contribution in [3.63, 3.8) is 0 Å². The maximum atomic E-state index is 13.6. The van der Waals surface area contributed by atoms with E-state index in [-0.39, 0.29) is 13.0 Å². The Balaban J connectivity index is 2.10. The quantitative estimate of drug-likeness (QED) is 0.207. The molecule has 0 bridgehead atoms. The summed E-state index contributed by atoms with van der Waals surface area (Å²) in [5.41, 5.74) is 1.02. The summed E-state index contributed by atoms with van der Waals surface area (Å²) in [4.78, 5) is 26.2. The van der Waals surface area contributed by atoms with E-state index in [0.717, 1.165) is 11.1 Å². The Morgan fingerprint density at radius 2 is 2.05 bits per heavy atom. The molecule has 0 fully saturated rings. The average molecular weight is 545 g/mol. The summed E-state index contributed by atoms with van der Waals surface area (Å²) in [7, 11) is 1.51. The molecule has 0 aliphatic heterocycles. The minimum atomic E-state index is -0.932. The maximum absolute atomic E-state index is 13.6. The predicted octanol–water partition coefficient (Wildman–Crippen LogP) is 5.97. The van der Waals surface area contributed by atoms with Gasteiger partial charge in [0.1, 0.15) is 29.3 Å². The Labute approximate surface area is 228 Å². The third-order valence-corrected chi connectivity index (χ3v) is 6.38. The Kier molecular flexibility index (Phi) is 8.79. The van der Waals surface area contributed by atoms with Crippen LogP contribution < -0.4 is 10.3 Å². The van der Waals surface area contributed by atoms with E-state index >= 15 is 0 Å². The summed E-state index contributed by atoms with van der Waals surface area (Å²) in [6.45, 7) is 15.0. The molecule has 38 heavy (non-hydrogen) atoms. The molecule has 2 heterocycles. The molecule has 2 atom stereocenters. The molecule has 2 aromatic heterocycles. The number of carbonyl (C=O) groups is 1. The maximum Gasteiger partial charge on any atom is 0.329 e. The summed E-state index contributed by atoms with van der Waals surface area (Å²) >= 11 is 6.70. The van der Waals surface area contributed by atoms with E-state index in [1.54, 1.807) is 39.1 Å². The van der Waals surface area contributed by atoms with Gasteiger partial charge in [-0.3, -0.25) is 9.36 Å². The number of methoxy groups -OCH3 is 1. The van der Waals surface area contributed by atoms with Crippen LogP contribution in [0.1, 0.15) is 71.7 Å². The number of hydrogen-bond donors (Lipinski definition) is 0. The van der Waals surface area contributed by atoms with Gasteiger partial charge in [-0.2, -0.15) is 0 Å². The number of hydrogen-bond acceptors (Lipinski definition) is 7. The molecule has 0 N–H and O–H groups in total. The van der Waals surface area contributed by atoms with E-state index in [0.29, 0.717) is 23.4 Å². The van der Waals surface area contributed by atoms with Crippen molar-refractivity contribution >= 4 is 28.7 Å². The molecular weight excluding hydrogens is 508 g/mol. The summed E-state index contributed by atoms with van der Waals surface area (Å²) in [6, 6.07) is 2.28. The molecule has 0 saturated carbocycles. The lowest BCUT2D eigenvalue weighted by molar-refractivity contribution is -0.160. The SMILES string of the molecule is C=CC(C)(C)OCCC(C(=O)OC(C)(C)C)n1cc(OC)c(C2=C(c3ccon3)C=CC(C)(Cl)C2)cc1=O. The molecule has 206 valence electrons. The smallest absolute Gasteiger partial charge is 0.329 e. The standard InChI is InChI=1S/C29H37ClN2O6/c1-9-28(5,6)36-14-12-23(26(34)38-27(2,3)4)32-18-24(35-8)20(16-25(32)33)21-17-29(7,30)13-10-19(21)22-11-15-37-31-22/h9-11,13,15-16,18,23H,1,12,14,17H2,2-8H3. The zero-order valence-electron chi connectivity index (χ0n) is 23.2. The van der Waals surface area contributed by atoms with Crippen LogP contribution in [0.25, 0.3) is 11.1 Å². The molecule has 8 nitrogen and oxygen atoms in total. The summed E-state index contributed by atoms with van der Waals surface area (Å²) < 4.78 is 23.7. The lowest BCUT2D eigenvalue weighted by atomic mass is 9.85. The van der Waals surface area contributed by atoms with E-state index in [2.05, 4.69) is 11.7 Å². The van der Waals surface area contributed by atoms with Crippen LogP contribution in [0.5, 0.6) is 5.75 Å². The number of alkyl halides is 1. The van der Waals surface area contributed by atoms with Crippen LogP contribution in [0.15, 0.2) is 58.7 Å². The molecule has 0 spiro atoms.